The molecule has 0 N–H and O–H groups in total. The van der Waals surface area contributed by atoms with Crippen molar-refractivity contribution in [3.63, 3.8) is 0 Å². The fourth-order valence-corrected chi connectivity index (χ4v) is 3.86. The lowest BCUT2D eigenvalue weighted by atomic mass is 10.1. The minimum atomic E-state index is 0.0880. The molecule has 1 amide bonds. The predicted octanol–water partition coefficient (Wildman–Crippen LogP) is 5.00. The highest BCUT2D eigenvalue weighted by Crippen LogP contribution is 2.21. The Kier molecular flexibility index (Phi) is 6.67. The topological polar surface area (TPSA) is 59.2 Å². The third-order valence-corrected chi connectivity index (χ3v) is 5.55. The van der Waals surface area contributed by atoms with Gasteiger partial charge in [-0.05, 0) is 29.0 Å². The molecule has 0 radical (unpaired) electrons. The van der Waals surface area contributed by atoms with Crippen molar-refractivity contribution in [3.05, 3.63) is 94.5 Å². The molecule has 0 bridgehead atoms. The van der Waals surface area contributed by atoms with Crippen LogP contribution >= 0.6 is 11.3 Å². The zero-order valence-corrected chi connectivity index (χ0v) is 17.4. The number of hydrogen-bond acceptors (Lipinski definition) is 5. The summed E-state index contributed by atoms with van der Waals surface area (Å²) < 4.78 is 5.72. The monoisotopic (exact) mass is 417 g/mol. The molecule has 0 saturated carbocycles. The maximum atomic E-state index is 13.0. The number of nitrogens with zero attached hydrogens (tertiary/aromatic N) is 3. The first-order valence-electron chi connectivity index (χ1n) is 9.98. The summed E-state index contributed by atoms with van der Waals surface area (Å²) in [6.07, 6.45) is 1.60. The summed E-state index contributed by atoms with van der Waals surface area (Å²) >= 11 is 1.58. The van der Waals surface area contributed by atoms with Crippen LogP contribution in [-0.4, -0.2) is 27.5 Å². The van der Waals surface area contributed by atoms with Gasteiger partial charge in [0.1, 0.15) is 0 Å². The smallest absolute Gasteiger partial charge is 0.248 e. The third-order valence-electron chi connectivity index (χ3n) is 4.87. The van der Waals surface area contributed by atoms with E-state index in [1.807, 2.05) is 70.3 Å². The van der Waals surface area contributed by atoms with Gasteiger partial charge in [0.2, 0.25) is 17.7 Å². The number of aryl methyl sites for hydroxylation is 1. The number of rotatable bonds is 9. The summed E-state index contributed by atoms with van der Waals surface area (Å²) in [5.74, 6) is 1.08. The molecule has 4 rings (SSSR count). The van der Waals surface area contributed by atoms with E-state index < -0.39 is 0 Å². The maximum Gasteiger partial charge on any atom is 0.248 e. The number of aromatic nitrogens is 2. The Labute approximate surface area is 180 Å². The van der Waals surface area contributed by atoms with Crippen molar-refractivity contribution in [2.45, 2.75) is 25.8 Å². The highest BCUT2D eigenvalue weighted by Gasteiger charge is 2.16. The van der Waals surface area contributed by atoms with Crippen molar-refractivity contribution in [3.8, 4) is 11.5 Å². The molecular weight excluding hydrogens is 394 g/mol. The Balaban J connectivity index is 1.39. The van der Waals surface area contributed by atoms with E-state index in [-0.39, 0.29) is 5.91 Å². The molecule has 0 aliphatic carbocycles. The molecule has 6 heteroatoms. The third kappa shape index (κ3) is 5.42. The zero-order chi connectivity index (χ0) is 20.6. The molecule has 2 aromatic heterocycles. The quantitative estimate of drug-likeness (QED) is 0.384. The highest BCUT2D eigenvalue weighted by molar-refractivity contribution is 7.08. The van der Waals surface area contributed by atoms with Gasteiger partial charge in [-0.1, -0.05) is 60.7 Å². The standard InChI is InChI=1S/C24H23N3O2S/c28-23(12-11-22-25-26-24(29-22)21-14-16-30-18-21)27(17-20-9-5-2-6-10-20)15-13-19-7-3-1-4-8-19/h1-10,14,16,18H,11-13,15,17H2. The van der Waals surface area contributed by atoms with Crippen LogP contribution in [-0.2, 0) is 24.2 Å². The molecule has 0 aliphatic heterocycles. The predicted molar refractivity (Wildman–Crippen MR) is 118 cm³/mol. The first-order valence-corrected chi connectivity index (χ1v) is 10.9. The van der Waals surface area contributed by atoms with Crippen LogP contribution in [0.2, 0.25) is 0 Å². The second kappa shape index (κ2) is 9.98. The van der Waals surface area contributed by atoms with E-state index >= 15 is 0 Å². The van der Waals surface area contributed by atoms with Gasteiger partial charge in [-0.3, -0.25) is 4.79 Å². The summed E-state index contributed by atoms with van der Waals surface area (Å²) in [4.78, 5) is 14.9. The second-order valence-corrected chi connectivity index (χ2v) is 7.83. The molecular formula is C24H23N3O2S. The molecule has 2 aromatic carbocycles. The first-order chi connectivity index (χ1) is 14.8. The van der Waals surface area contributed by atoms with Crippen LogP contribution in [0.5, 0.6) is 0 Å². The molecule has 4 aromatic rings. The summed E-state index contributed by atoms with van der Waals surface area (Å²) in [5, 5.41) is 12.1. The Morgan fingerprint density at radius 1 is 0.900 bits per heavy atom. The van der Waals surface area contributed by atoms with Gasteiger partial charge in [0, 0.05) is 36.9 Å². The molecule has 0 fully saturated rings. The molecule has 0 unspecified atom stereocenters. The van der Waals surface area contributed by atoms with Crippen LogP contribution in [0.15, 0.2) is 81.9 Å². The minimum absolute atomic E-state index is 0.0880. The fraction of sp³-hybridized carbons (Fsp3) is 0.208. The van der Waals surface area contributed by atoms with E-state index in [0.717, 1.165) is 17.5 Å². The minimum Gasteiger partial charge on any atom is -0.421 e. The highest BCUT2D eigenvalue weighted by atomic mass is 32.1. The molecule has 152 valence electrons. The Morgan fingerprint density at radius 2 is 1.63 bits per heavy atom. The number of carbonyl (C=O) groups excluding carboxylic acids is 1. The van der Waals surface area contributed by atoms with Crippen molar-refractivity contribution < 1.29 is 9.21 Å². The average Bonchev–Trinajstić information content (AvgIpc) is 3.48. The molecule has 30 heavy (non-hydrogen) atoms. The molecule has 0 aliphatic rings. The van der Waals surface area contributed by atoms with E-state index in [2.05, 4.69) is 22.3 Å². The van der Waals surface area contributed by atoms with Crippen molar-refractivity contribution >= 4 is 17.2 Å². The molecule has 0 spiro atoms. The fourth-order valence-electron chi connectivity index (χ4n) is 3.23. The van der Waals surface area contributed by atoms with Gasteiger partial charge in [-0.25, -0.2) is 0 Å². The zero-order valence-electron chi connectivity index (χ0n) is 16.6. The van der Waals surface area contributed by atoms with Crippen LogP contribution in [0, 0.1) is 0 Å². The Hall–Kier alpha value is -3.25. The van der Waals surface area contributed by atoms with E-state index in [4.69, 9.17) is 4.42 Å². The molecule has 0 atom stereocenters. The molecule has 0 saturated heterocycles. The SMILES string of the molecule is O=C(CCc1nnc(-c2ccsc2)o1)N(CCc1ccccc1)Cc1ccccc1. The average molecular weight is 418 g/mol. The van der Waals surface area contributed by atoms with Gasteiger partial charge in [0.05, 0.1) is 0 Å². The van der Waals surface area contributed by atoms with E-state index in [9.17, 15) is 4.79 Å². The number of carbonyl (C=O) groups is 1. The lowest BCUT2D eigenvalue weighted by Crippen LogP contribution is -2.32. The van der Waals surface area contributed by atoms with Crippen molar-refractivity contribution in [2.75, 3.05) is 6.54 Å². The van der Waals surface area contributed by atoms with Crippen LogP contribution in [0.4, 0.5) is 0 Å². The van der Waals surface area contributed by atoms with Gasteiger partial charge >= 0.3 is 0 Å². The van der Waals surface area contributed by atoms with Crippen LogP contribution in [0.1, 0.15) is 23.4 Å². The summed E-state index contributed by atoms with van der Waals surface area (Å²) in [6, 6.07) is 22.3. The van der Waals surface area contributed by atoms with Gasteiger partial charge in [0.25, 0.3) is 0 Å². The second-order valence-electron chi connectivity index (χ2n) is 7.05. The van der Waals surface area contributed by atoms with Gasteiger partial charge in [-0.15, -0.1) is 10.2 Å². The summed E-state index contributed by atoms with van der Waals surface area (Å²) in [7, 11) is 0. The first kappa shape index (κ1) is 20.0. The van der Waals surface area contributed by atoms with Crippen LogP contribution < -0.4 is 0 Å². The Morgan fingerprint density at radius 3 is 2.33 bits per heavy atom. The Bertz CT molecular complexity index is 1050. The largest absolute Gasteiger partial charge is 0.421 e. The summed E-state index contributed by atoms with van der Waals surface area (Å²) in [5.41, 5.74) is 3.26. The van der Waals surface area contributed by atoms with Gasteiger partial charge < -0.3 is 9.32 Å². The van der Waals surface area contributed by atoms with E-state index in [1.165, 1.54) is 5.56 Å². The van der Waals surface area contributed by atoms with Crippen molar-refractivity contribution in [2.24, 2.45) is 0 Å². The maximum absolute atomic E-state index is 13.0. The molecule has 5 nitrogen and oxygen atoms in total. The van der Waals surface area contributed by atoms with Crippen LogP contribution in [0.25, 0.3) is 11.5 Å². The number of thiophene rings is 1. The lowest BCUT2D eigenvalue weighted by Gasteiger charge is -2.23. The van der Waals surface area contributed by atoms with Crippen molar-refractivity contribution in [1.82, 2.24) is 15.1 Å². The number of hydrogen-bond donors (Lipinski definition) is 0. The van der Waals surface area contributed by atoms with Gasteiger partial charge in [-0.2, -0.15) is 11.3 Å². The number of benzene rings is 2. The van der Waals surface area contributed by atoms with Gasteiger partial charge in [0.15, 0.2) is 0 Å². The van der Waals surface area contributed by atoms with E-state index in [1.54, 1.807) is 11.3 Å². The summed E-state index contributed by atoms with van der Waals surface area (Å²) in [6.45, 7) is 1.26. The van der Waals surface area contributed by atoms with Crippen LogP contribution in [0.3, 0.4) is 0 Å². The normalized spacial score (nSPS) is 10.8. The van der Waals surface area contributed by atoms with E-state index in [0.29, 0.717) is 37.7 Å². The lowest BCUT2D eigenvalue weighted by molar-refractivity contribution is -0.131. The number of amides is 1. The van der Waals surface area contributed by atoms with Crippen molar-refractivity contribution in [1.29, 1.82) is 0 Å². The molecule has 2 heterocycles.